The van der Waals surface area contributed by atoms with Crippen LogP contribution in [0, 0.1) is 0 Å². The van der Waals surface area contributed by atoms with E-state index in [2.05, 4.69) is 17.0 Å². The molecule has 0 aliphatic carbocycles. The number of hydrogen-bond acceptors (Lipinski definition) is 3. The molecule has 0 spiro atoms. The number of rotatable bonds is 0. The van der Waals surface area contributed by atoms with Gasteiger partial charge in [-0.15, -0.1) is 0 Å². The SMILES string of the molecule is CN1[C@H]2Oc3ccccc3[C@@H]1Oc1ccccc12. The van der Waals surface area contributed by atoms with Crippen molar-refractivity contribution in [2.24, 2.45) is 0 Å². The molecule has 0 unspecified atom stereocenters. The van der Waals surface area contributed by atoms with Crippen molar-refractivity contribution in [1.82, 2.24) is 4.90 Å². The van der Waals surface area contributed by atoms with Crippen LogP contribution < -0.4 is 9.47 Å². The molecule has 90 valence electrons. The van der Waals surface area contributed by atoms with Crippen LogP contribution in [-0.2, 0) is 0 Å². The summed E-state index contributed by atoms with van der Waals surface area (Å²) in [4.78, 5) is 2.12. The van der Waals surface area contributed by atoms with Crippen molar-refractivity contribution < 1.29 is 9.47 Å². The summed E-state index contributed by atoms with van der Waals surface area (Å²) >= 11 is 0. The van der Waals surface area contributed by atoms with Crippen LogP contribution >= 0.6 is 0 Å². The Labute approximate surface area is 106 Å². The Morgan fingerprint density at radius 3 is 1.72 bits per heavy atom. The topological polar surface area (TPSA) is 21.7 Å². The predicted octanol–water partition coefficient (Wildman–Crippen LogP) is 3.10. The Kier molecular flexibility index (Phi) is 1.94. The van der Waals surface area contributed by atoms with Crippen LogP contribution in [0.15, 0.2) is 48.5 Å². The summed E-state index contributed by atoms with van der Waals surface area (Å²) in [5, 5.41) is 0. The lowest BCUT2D eigenvalue weighted by molar-refractivity contribution is -0.107. The monoisotopic (exact) mass is 239 g/mol. The molecule has 0 radical (unpaired) electrons. The predicted molar refractivity (Wildman–Crippen MR) is 67.4 cm³/mol. The molecular weight excluding hydrogens is 226 g/mol. The molecule has 0 saturated carbocycles. The molecule has 3 nitrogen and oxygen atoms in total. The van der Waals surface area contributed by atoms with E-state index in [0.717, 1.165) is 22.6 Å². The average Bonchev–Trinajstić information content (AvgIpc) is 2.40. The fourth-order valence-electron chi connectivity index (χ4n) is 2.68. The summed E-state index contributed by atoms with van der Waals surface area (Å²) in [6.07, 6.45) is -0.121. The lowest BCUT2D eigenvalue weighted by Gasteiger charge is -2.44. The normalized spacial score (nSPS) is 24.5. The molecule has 2 aliphatic heterocycles. The second kappa shape index (κ2) is 3.50. The number of fused-ring (bicyclic) bond motifs is 6. The van der Waals surface area contributed by atoms with Gasteiger partial charge >= 0.3 is 0 Å². The summed E-state index contributed by atoms with van der Waals surface area (Å²) < 4.78 is 12.2. The van der Waals surface area contributed by atoms with Crippen LogP contribution in [0.2, 0.25) is 0 Å². The smallest absolute Gasteiger partial charge is 0.185 e. The lowest BCUT2D eigenvalue weighted by atomic mass is 10.0. The van der Waals surface area contributed by atoms with E-state index in [1.807, 2.05) is 43.4 Å². The van der Waals surface area contributed by atoms with E-state index in [-0.39, 0.29) is 12.5 Å². The van der Waals surface area contributed by atoms with Crippen molar-refractivity contribution in [3.05, 3.63) is 59.7 Å². The second-order valence-electron chi connectivity index (χ2n) is 4.68. The summed E-state index contributed by atoms with van der Waals surface area (Å²) in [7, 11) is 2.03. The first-order chi connectivity index (χ1) is 8.84. The van der Waals surface area contributed by atoms with Crippen molar-refractivity contribution in [3.8, 4) is 11.5 Å². The zero-order chi connectivity index (χ0) is 12.1. The molecule has 0 amide bonds. The van der Waals surface area contributed by atoms with Crippen molar-refractivity contribution in [1.29, 1.82) is 0 Å². The first-order valence-electron chi connectivity index (χ1n) is 6.08. The van der Waals surface area contributed by atoms with E-state index >= 15 is 0 Å². The molecule has 0 aromatic heterocycles. The van der Waals surface area contributed by atoms with Gasteiger partial charge in [-0.3, -0.25) is 0 Å². The van der Waals surface area contributed by atoms with Crippen molar-refractivity contribution >= 4 is 0 Å². The minimum Gasteiger partial charge on any atom is -0.470 e. The van der Waals surface area contributed by atoms with Gasteiger partial charge in [-0.05, 0) is 19.2 Å². The van der Waals surface area contributed by atoms with Gasteiger partial charge in [0.15, 0.2) is 12.5 Å². The molecule has 2 aliphatic rings. The van der Waals surface area contributed by atoms with E-state index < -0.39 is 0 Å². The van der Waals surface area contributed by atoms with E-state index in [0.29, 0.717) is 0 Å². The van der Waals surface area contributed by atoms with Crippen molar-refractivity contribution in [2.45, 2.75) is 12.5 Å². The Morgan fingerprint density at radius 2 is 1.22 bits per heavy atom. The Morgan fingerprint density at radius 1 is 0.778 bits per heavy atom. The third-order valence-electron chi connectivity index (χ3n) is 3.59. The molecule has 18 heavy (non-hydrogen) atoms. The van der Waals surface area contributed by atoms with Crippen LogP contribution in [0.4, 0.5) is 0 Å². The first-order valence-corrected chi connectivity index (χ1v) is 6.08. The molecule has 2 heterocycles. The molecule has 0 fully saturated rings. The average molecular weight is 239 g/mol. The fourth-order valence-corrected chi connectivity index (χ4v) is 2.68. The molecule has 0 saturated heterocycles. The van der Waals surface area contributed by atoms with Crippen molar-refractivity contribution in [3.63, 3.8) is 0 Å². The highest BCUT2D eigenvalue weighted by molar-refractivity contribution is 5.44. The quantitative estimate of drug-likeness (QED) is 0.705. The maximum Gasteiger partial charge on any atom is 0.185 e. The molecule has 2 bridgehead atoms. The van der Waals surface area contributed by atoms with E-state index in [9.17, 15) is 0 Å². The highest BCUT2D eigenvalue weighted by Gasteiger charge is 2.40. The first kappa shape index (κ1) is 9.97. The van der Waals surface area contributed by atoms with Gasteiger partial charge in [0, 0.05) is 11.1 Å². The molecule has 2 atom stereocenters. The van der Waals surface area contributed by atoms with Gasteiger partial charge in [-0.2, -0.15) is 0 Å². The van der Waals surface area contributed by atoms with Gasteiger partial charge in [0.05, 0.1) is 0 Å². The van der Waals surface area contributed by atoms with Crippen LogP contribution in [0.5, 0.6) is 11.5 Å². The van der Waals surface area contributed by atoms with Crippen molar-refractivity contribution in [2.75, 3.05) is 7.05 Å². The molecule has 4 rings (SSSR count). The van der Waals surface area contributed by atoms with Gasteiger partial charge < -0.3 is 9.47 Å². The third kappa shape index (κ3) is 1.22. The Hall–Kier alpha value is -2.00. The summed E-state index contributed by atoms with van der Waals surface area (Å²) in [5.74, 6) is 1.83. The Balaban J connectivity index is 1.90. The van der Waals surface area contributed by atoms with Crippen LogP contribution in [0.3, 0.4) is 0 Å². The van der Waals surface area contributed by atoms with Gasteiger partial charge in [-0.1, -0.05) is 36.4 Å². The number of hydrogen-bond donors (Lipinski definition) is 0. The minimum absolute atomic E-state index is 0.0603. The summed E-state index contributed by atoms with van der Waals surface area (Å²) in [6, 6.07) is 16.1. The minimum atomic E-state index is -0.0603. The molecule has 0 N–H and O–H groups in total. The summed E-state index contributed by atoms with van der Waals surface area (Å²) in [5.41, 5.74) is 2.18. The standard InChI is InChI=1S/C15H13NO2/c1-16-14-10-6-2-4-8-12(10)17-15(16)11-7-3-5-9-13(11)18-14/h2-9,14-15H,1H3/t14-,15-/m0/s1. The lowest BCUT2D eigenvalue weighted by Crippen LogP contribution is -2.42. The molecule has 2 aromatic rings. The summed E-state index contributed by atoms with van der Waals surface area (Å²) in [6.45, 7) is 0. The molecular formula is C15H13NO2. The maximum absolute atomic E-state index is 6.09. The van der Waals surface area contributed by atoms with Gasteiger partial charge in [-0.25, -0.2) is 4.90 Å². The van der Waals surface area contributed by atoms with Gasteiger partial charge in [0.1, 0.15) is 11.5 Å². The Bertz CT molecular complexity index is 557. The van der Waals surface area contributed by atoms with E-state index in [4.69, 9.17) is 9.47 Å². The number of ether oxygens (including phenoxy) is 2. The maximum atomic E-state index is 6.09. The van der Waals surface area contributed by atoms with E-state index in [1.54, 1.807) is 0 Å². The number of nitrogens with zero attached hydrogens (tertiary/aromatic N) is 1. The van der Waals surface area contributed by atoms with Crippen LogP contribution in [0.1, 0.15) is 23.6 Å². The zero-order valence-electron chi connectivity index (χ0n) is 10.0. The van der Waals surface area contributed by atoms with Gasteiger partial charge in [0.2, 0.25) is 0 Å². The van der Waals surface area contributed by atoms with Crippen LogP contribution in [0.25, 0.3) is 0 Å². The van der Waals surface area contributed by atoms with Crippen LogP contribution in [-0.4, -0.2) is 11.9 Å². The fraction of sp³-hybridized carbons (Fsp3) is 0.200. The highest BCUT2D eigenvalue weighted by Crippen LogP contribution is 2.48. The zero-order valence-corrected chi connectivity index (χ0v) is 10.0. The highest BCUT2D eigenvalue weighted by atomic mass is 16.6. The molecule has 3 heteroatoms. The van der Waals surface area contributed by atoms with E-state index in [1.165, 1.54) is 0 Å². The third-order valence-corrected chi connectivity index (χ3v) is 3.59. The molecule has 2 aromatic carbocycles. The largest absolute Gasteiger partial charge is 0.470 e. The number of benzene rings is 2. The second-order valence-corrected chi connectivity index (χ2v) is 4.68. The number of para-hydroxylation sites is 2. The van der Waals surface area contributed by atoms with Gasteiger partial charge in [0.25, 0.3) is 0 Å².